The summed E-state index contributed by atoms with van der Waals surface area (Å²) < 4.78 is 38.5. The minimum atomic E-state index is -4.59. The number of Topliss-reactive ketones (excluding diaryl/α,β-unsaturated/α-hetero) is 1. The molecule has 104 valence electrons. The van der Waals surface area contributed by atoms with Gasteiger partial charge in [0.1, 0.15) is 0 Å². The summed E-state index contributed by atoms with van der Waals surface area (Å²) in [4.78, 5) is 15.6. The highest BCUT2D eigenvalue weighted by atomic mass is 35.5. The van der Waals surface area contributed by atoms with Gasteiger partial charge >= 0.3 is 6.18 Å². The molecule has 2 nitrogen and oxygen atoms in total. The monoisotopic (exact) mass is 299 g/mol. The number of aromatic nitrogens is 1. The van der Waals surface area contributed by atoms with E-state index in [2.05, 4.69) is 4.98 Å². The first kappa shape index (κ1) is 14.5. The molecule has 0 atom stereocenters. The van der Waals surface area contributed by atoms with Crippen molar-refractivity contribution in [3.05, 3.63) is 64.4 Å². The van der Waals surface area contributed by atoms with E-state index < -0.39 is 23.1 Å². The van der Waals surface area contributed by atoms with Crippen LogP contribution >= 0.6 is 11.6 Å². The highest BCUT2D eigenvalue weighted by molar-refractivity contribution is 6.31. The van der Waals surface area contributed by atoms with E-state index in [1.165, 1.54) is 0 Å². The lowest BCUT2D eigenvalue weighted by molar-refractivity contribution is -0.138. The fourth-order valence-electron chi connectivity index (χ4n) is 1.77. The van der Waals surface area contributed by atoms with Crippen molar-refractivity contribution in [3.8, 4) is 0 Å². The van der Waals surface area contributed by atoms with Gasteiger partial charge in [0.2, 0.25) is 0 Å². The summed E-state index contributed by atoms with van der Waals surface area (Å²) in [7, 11) is 0. The van der Waals surface area contributed by atoms with E-state index in [1.807, 2.05) is 0 Å². The molecule has 1 aromatic heterocycles. The second-order valence-electron chi connectivity index (χ2n) is 4.11. The van der Waals surface area contributed by atoms with Gasteiger partial charge in [0, 0.05) is 29.4 Å². The highest BCUT2D eigenvalue weighted by Crippen LogP contribution is 2.32. The molecule has 1 heterocycles. The Balaban J connectivity index is 2.34. The summed E-state index contributed by atoms with van der Waals surface area (Å²) in [6.45, 7) is 0. The first-order valence-electron chi connectivity index (χ1n) is 5.67. The summed E-state index contributed by atoms with van der Waals surface area (Å²) in [6, 6.07) is 7.33. The summed E-state index contributed by atoms with van der Waals surface area (Å²) in [5.74, 6) is -0.668. The Kier molecular flexibility index (Phi) is 4.09. The molecule has 0 aliphatic rings. The SMILES string of the molecule is O=C(Cc1ccccc1Cl)c1cnccc1C(F)(F)F. The van der Waals surface area contributed by atoms with Crippen LogP contribution in [0.15, 0.2) is 42.7 Å². The summed E-state index contributed by atoms with van der Waals surface area (Å²) in [5, 5.41) is 0.346. The lowest BCUT2D eigenvalue weighted by atomic mass is 10.00. The standard InChI is InChI=1S/C14H9ClF3NO/c15-12-4-2-1-3-9(12)7-13(20)10-8-19-6-5-11(10)14(16,17)18/h1-6,8H,7H2. The number of carbonyl (C=O) groups is 1. The quantitative estimate of drug-likeness (QED) is 0.796. The van der Waals surface area contributed by atoms with Crippen LogP contribution in [0.2, 0.25) is 5.02 Å². The largest absolute Gasteiger partial charge is 0.417 e. The molecule has 1 aromatic carbocycles. The lowest BCUT2D eigenvalue weighted by Gasteiger charge is -2.11. The maximum Gasteiger partial charge on any atom is 0.417 e. The Labute approximate surface area is 118 Å². The second-order valence-corrected chi connectivity index (χ2v) is 4.52. The van der Waals surface area contributed by atoms with Gasteiger partial charge in [-0.3, -0.25) is 9.78 Å². The Morgan fingerprint density at radius 3 is 2.55 bits per heavy atom. The van der Waals surface area contributed by atoms with Crippen LogP contribution in [0.25, 0.3) is 0 Å². The number of hydrogen-bond acceptors (Lipinski definition) is 2. The number of carbonyl (C=O) groups excluding carboxylic acids is 1. The van der Waals surface area contributed by atoms with Gasteiger partial charge in [-0.05, 0) is 17.7 Å². The summed E-state index contributed by atoms with van der Waals surface area (Å²) >= 11 is 5.90. The molecule has 0 bridgehead atoms. The van der Waals surface area contributed by atoms with Crippen molar-refractivity contribution < 1.29 is 18.0 Å². The zero-order chi connectivity index (χ0) is 14.8. The molecule has 2 aromatic rings. The molecule has 0 aliphatic heterocycles. The molecule has 0 amide bonds. The van der Waals surface area contributed by atoms with Crippen molar-refractivity contribution in [2.75, 3.05) is 0 Å². The molecular weight excluding hydrogens is 291 g/mol. The van der Waals surface area contributed by atoms with Gasteiger partial charge < -0.3 is 0 Å². The number of pyridine rings is 1. The fourth-order valence-corrected chi connectivity index (χ4v) is 1.98. The molecule has 20 heavy (non-hydrogen) atoms. The van der Waals surface area contributed by atoms with Crippen LogP contribution in [0.3, 0.4) is 0 Å². The number of benzene rings is 1. The molecule has 0 saturated carbocycles. The number of nitrogens with zero attached hydrogens (tertiary/aromatic N) is 1. The van der Waals surface area contributed by atoms with Crippen molar-refractivity contribution in [1.82, 2.24) is 4.98 Å². The van der Waals surface area contributed by atoms with Gasteiger partial charge in [-0.2, -0.15) is 13.2 Å². The minimum Gasteiger partial charge on any atom is -0.294 e. The van der Waals surface area contributed by atoms with E-state index >= 15 is 0 Å². The molecular formula is C14H9ClF3NO. The normalized spacial score (nSPS) is 11.4. The molecule has 0 spiro atoms. The zero-order valence-corrected chi connectivity index (χ0v) is 10.9. The zero-order valence-electron chi connectivity index (χ0n) is 10.1. The molecule has 0 unspecified atom stereocenters. The molecule has 0 aliphatic carbocycles. The number of halogens is 4. The van der Waals surface area contributed by atoms with E-state index in [9.17, 15) is 18.0 Å². The van der Waals surface area contributed by atoms with E-state index in [1.54, 1.807) is 24.3 Å². The van der Waals surface area contributed by atoms with E-state index in [0.717, 1.165) is 18.5 Å². The minimum absolute atomic E-state index is 0.200. The van der Waals surface area contributed by atoms with Crippen LogP contribution in [0.1, 0.15) is 21.5 Å². The summed E-state index contributed by atoms with van der Waals surface area (Å²) in [6.07, 6.45) is -2.85. The topological polar surface area (TPSA) is 30.0 Å². The maximum absolute atomic E-state index is 12.8. The summed E-state index contributed by atoms with van der Waals surface area (Å²) in [5.41, 5.74) is -0.944. The van der Waals surface area contributed by atoms with Crippen LogP contribution in [-0.4, -0.2) is 10.8 Å². The van der Waals surface area contributed by atoms with Gasteiger partial charge in [-0.15, -0.1) is 0 Å². The molecule has 0 saturated heterocycles. The maximum atomic E-state index is 12.8. The fraction of sp³-hybridized carbons (Fsp3) is 0.143. The predicted octanol–water partition coefficient (Wildman–Crippen LogP) is 4.18. The number of rotatable bonds is 3. The van der Waals surface area contributed by atoms with Crippen molar-refractivity contribution in [2.24, 2.45) is 0 Å². The molecule has 2 rings (SSSR count). The lowest BCUT2D eigenvalue weighted by Crippen LogP contribution is -2.15. The van der Waals surface area contributed by atoms with Gasteiger partial charge in [0.05, 0.1) is 5.56 Å². The van der Waals surface area contributed by atoms with Crippen LogP contribution in [0.4, 0.5) is 13.2 Å². The van der Waals surface area contributed by atoms with Gasteiger partial charge in [0.15, 0.2) is 5.78 Å². The third-order valence-corrected chi connectivity index (χ3v) is 3.10. The van der Waals surface area contributed by atoms with Crippen molar-refractivity contribution in [2.45, 2.75) is 12.6 Å². The van der Waals surface area contributed by atoms with Crippen molar-refractivity contribution in [1.29, 1.82) is 0 Å². The first-order valence-corrected chi connectivity index (χ1v) is 6.05. The van der Waals surface area contributed by atoms with E-state index in [0.29, 0.717) is 10.6 Å². The van der Waals surface area contributed by atoms with Gasteiger partial charge in [-0.1, -0.05) is 29.8 Å². The van der Waals surface area contributed by atoms with E-state index in [4.69, 9.17) is 11.6 Å². The molecule has 0 radical (unpaired) electrons. The molecule has 0 N–H and O–H groups in total. The number of ketones is 1. The second kappa shape index (κ2) is 5.63. The number of hydrogen-bond donors (Lipinski definition) is 0. The van der Waals surface area contributed by atoms with Crippen LogP contribution in [-0.2, 0) is 12.6 Å². The van der Waals surface area contributed by atoms with Crippen molar-refractivity contribution in [3.63, 3.8) is 0 Å². The molecule has 0 fully saturated rings. The highest BCUT2D eigenvalue weighted by Gasteiger charge is 2.35. The van der Waals surface area contributed by atoms with Gasteiger partial charge in [-0.25, -0.2) is 0 Å². The van der Waals surface area contributed by atoms with Crippen LogP contribution in [0.5, 0.6) is 0 Å². The smallest absolute Gasteiger partial charge is 0.294 e. The van der Waals surface area contributed by atoms with Crippen LogP contribution < -0.4 is 0 Å². The van der Waals surface area contributed by atoms with Gasteiger partial charge in [0.25, 0.3) is 0 Å². The van der Waals surface area contributed by atoms with Crippen LogP contribution in [0, 0.1) is 0 Å². The third-order valence-electron chi connectivity index (χ3n) is 2.74. The average Bonchev–Trinajstić information content (AvgIpc) is 2.40. The Hall–Kier alpha value is -1.88. The third kappa shape index (κ3) is 3.17. The Morgan fingerprint density at radius 2 is 1.90 bits per heavy atom. The molecule has 6 heteroatoms. The Bertz CT molecular complexity index is 640. The predicted molar refractivity (Wildman–Crippen MR) is 68.7 cm³/mol. The van der Waals surface area contributed by atoms with Crippen molar-refractivity contribution >= 4 is 17.4 Å². The first-order chi connectivity index (χ1) is 9.39. The average molecular weight is 300 g/mol. The van der Waals surface area contributed by atoms with E-state index in [-0.39, 0.29) is 6.42 Å². The Morgan fingerprint density at radius 1 is 1.20 bits per heavy atom. The number of alkyl halides is 3.